The summed E-state index contributed by atoms with van der Waals surface area (Å²) in [5.41, 5.74) is 2.02. The molecule has 2 N–H and O–H groups in total. The van der Waals surface area contributed by atoms with Crippen molar-refractivity contribution in [1.82, 2.24) is 25.5 Å². The first kappa shape index (κ1) is 18.0. The van der Waals surface area contributed by atoms with Gasteiger partial charge in [0, 0.05) is 13.2 Å². The number of nitrogens with zero attached hydrogens (tertiary/aromatic N) is 4. The van der Waals surface area contributed by atoms with Crippen LogP contribution in [0.4, 0.5) is 0 Å². The number of aliphatic hydroxyl groups excluding tert-OH is 1. The van der Waals surface area contributed by atoms with Crippen molar-refractivity contribution in [3.63, 3.8) is 0 Å². The first-order valence-electron chi connectivity index (χ1n) is 8.79. The Balaban J connectivity index is 1.53. The molecule has 0 saturated heterocycles. The highest BCUT2D eigenvalue weighted by Crippen LogP contribution is 2.21. The molecule has 26 heavy (non-hydrogen) atoms. The van der Waals surface area contributed by atoms with Crippen LogP contribution >= 0.6 is 0 Å². The molecule has 0 saturated carbocycles. The summed E-state index contributed by atoms with van der Waals surface area (Å²) in [6, 6.07) is 17.8. The highest BCUT2D eigenvalue weighted by Gasteiger charge is 2.10. The lowest BCUT2D eigenvalue weighted by molar-refractivity contribution is 0.283. The van der Waals surface area contributed by atoms with Crippen molar-refractivity contribution in [2.24, 2.45) is 0 Å². The van der Waals surface area contributed by atoms with E-state index in [1.807, 2.05) is 54.6 Å². The number of nitrogens with one attached hydrogen (secondary N) is 1. The number of ether oxygens (including phenoxy) is 1. The van der Waals surface area contributed by atoms with Gasteiger partial charge in [-0.05, 0) is 66.1 Å². The third-order valence-electron chi connectivity index (χ3n) is 3.91. The minimum Gasteiger partial charge on any atom is -0.423 e. The van der Waals surface area contributed by atoms with Crippen molar-refractivity contribution in [2.75, 3.05) is 13.2 Å². The van der Waals surface area contributed by atoms with Gasteiger partial charge in [0.2, 0.25) is 0 Å². The first-order chi connectivity index (χ1) is 12.9. The number of unbranched alkanes of at least 4 members (excludes halogenated alkanes) is 2. The normalized spacial score (nSPS) is 10.8. The summed E-state index contributed by atoms with van der Waals surface area (Å²) in [5.74, 6) is 0.684. The number of benzene rings is 2. The highest BCUT2D eigenvalue weighted by molar-refractivity contribution is 5.34. The predicted octanol–water partition coefficient (Wildman–Crippen LogP) is 2.71. The largest absolute Gasteiger partial charge is 0.423 e. The van der Waals surface area contributed by atoms with Crippen LogP contribution in [0.2, 0.25) is 0 Å². The Morgan fingerprint density at radius 3 is 2.54 bits per heavy atom. The van der Waals surface area contributed by atoms with E-state index in [0.717, 1.165) is 38.0 Å². The van der Waals surface area contributed by atoms with E-state index in [2.05, 4.69) is 20.8 Å². The van der Waals surface area contributed by atoms with Crippen molar-refractivity contribution in [3.05, 3.63) is 60.2 Å². The second kappa shape index (κ2) is 9.65. The van der Waals surface area contributed by atoms with Gasteiger partial charge in [0.05, 0.1) is 5.69 Å². The number of para-hydroxylation sites is 1. The van der Waals surface area contributed by atoms with Gasteiger partial charge >= 0.3 is 6.01 Å². The lowest BCUT2D eigenvalue weighted by Crippen LogP contribution is -2.14. The van der Waals surface area contributed by atoms with E-state index in [4.69, 9.17) is 9.84 Å². The van der Waals surface area contributed by atoms with E-state index < -0.39 is 0 Å². The van der Waals surface area contributed by atoms with Crippen LogP contribution in [0.15, 0.2) is 54.6 Å². The lowest BCUT2D eigenvalue weighted by atomic mass is 10.2. The van der Waals surface area contributed by atoms with Crippen molar-refractivity contribution in [3.8, 4) is 17.4 Å². The fraction of sp³-hybridized carbons (Fsp3) is 0.316. The number of aliphatic hydroxyl groups is 1. The maximum Gasteiger partial charge on any atom is 0.345 e. The van der Waals surface area contributed by atoms with Crippen LogP contribution in [0.5, 0.6) is 11.8 Å². The Kier molecular flexibility index (Phi) is 6.69. The molecule has 0 bridgehead atoms. The molecule has 0 aliphatic carbocycles. The molecule has 0 fully saturated rings. The smallest absolute Gasteiger partial charge is 0.345 e. The molecule has 0 aliphatic rings. The molecular formula is C19H23N5O2. The number of tetrazole rings is 1. The van der Waals surface area contributed by atoms with Crippen LogP contribution in [0, 0.1) is 0 Å². The van der Waals surface area contributed by atoms with Gasteiger partial charge in [-0.2, -0.15) is 4.68 Å². The fourth-order valence-electron chi connectivity index (χ4n) is 2.53. The van der Waals surface area contributed by atoms with Gasteiger partial charge in [0.15, 0.2) is 0 Å². The fourth-order valence-corrected chi connectivity index (χ4v) is 2.53. The molecule has 0 amide bonds. The minimum atomic E-state index is 0.273. The minimum absolute atomic E-state index is 0.273. The van der Waals surface area contributed by atoms with E-state index in [-0.39, 0.29) is 6.61 Å². The maximum absolute atomic E-state index is 8.75. The van der Waals surface area contributed by atoms with E-state index in [1.54, 1.807) is 4.68 Å². The molecule has 7 heteroatoms. The van der Waals surface area contributed by atoms with Crippen molar-refractivity contribution < 1.29 is 9.84 Å². The average Bonchev–Trinajstić information content (AvgIpc) is 3.15. The molecule has 1 aromatic heterocycles. The Bertz CT molecular complexity index is 774. The number of aromatic nitrogens is 4. The molecule has 7 nitrogen and oxygen atoms in total. The summed E-state index contributed by atoms with van der Waals surface area (Å²) in [6.07, 6.45) is 2.99. The third-order valence-corrected chi connectivity index (χ3v) is 3.91. The average molecular weight is 353 g/mol. The zero-order valence-corrected chi connectivity index (χ0v) is 14.6. The number of hydrogen-bond acceptors (Lipinski definition) is 6. The quantitative estimate of drug-likeness (QED) is 0.545. The van der Waals surface area contributed by atoms with Gasteiger partial charge in [-0.25, -0.2) is 0 Å². The summed E-state index contributed by atoms with van der Waals surface area (Å²) in [4.78, 5) is 0. The van der Waals surface area contributed by atoms with Gasteiger partial charge in [0.25, 0.3) is 0 Å². The van der Waals surface area contributed by atoms with Gasteiger partial charge in [-0.15, -0.1) is 0 Å². The number of hydrogen-bond donors (Lipinski definition) is 2. The molecule has 3 aromatic rings. The molecule has 0 unspecified atom stereocenters. The topological polar surface area (TPSA) is 85.1 Å². The lowest BCUT2D eigenvalue weighted by Gasteiger charge is -2.08. The van der Waals surface area contributed by atoms with Gasteiger partial charge in [-0.1, -0.05) is 35.4 Å². The second-order valence-electron chi connectivity index (χ2n) is 5.92. The molecule has 136 valence electrons. The summed E-state index contributed by atoms with van der Waals surface area (Å²) >= 11 is 0. The Morgan fingerprint density at radius 2 is 1.77 bits per heavy atom. The Morgan fingerprint density at radius 1 is 0.962 bits per heavy atom. The molecule has 0 radical (unpaired) electrons. The Labute approximate surface area is 152 Å². The standard InChI is InChI=1S/C19H23N5O2/c25-14-6-2-5-13-20-15-16-9-11-18(12-10-16)26-19-21-22-23-24(19)17-7-3-1-4-8-17/h1,3-4,7-12,20,25H,2,5-6,13-15H2. The highest BCUT2D eigenvalue weighted by atomic mass is 16.5. The monoisotopic (exact) mass is 353 g/mol. The maximum atomic E-state index is 8.75. The summed E-state index contributed by atoms with van der Waals surface area (Å²) in [5, 5.41) is 23.8. The molecular weight excluding hydrogens is 330 g/mol. The molecule has 0 atom stereocenters. The second-order valence-corrected chi connectivity index (χ2v) is 5.92. The van der Waals surface area contributed by atoms with E-state index in [0.29, 0.717) is 11.8 Å². The molecule has 0 spiro atoms. The van der Waals surface area contributed by atoms with Crippen LogP contribution in [0.25, 0.3) is 5.69 Å². The van der Waals surface area contributed by atoms with Crippen molar-refractivity contribution in [2.45, 2.75) is 25.8 Å². The summed E-state index contributed by atoms with van der Waals surface area (Å²) in [6.45, 7) is 2.03. The molecule has 1 heterocycles. The Hall–Kier alpha value is -2.77. The van der Waals surface area contributed by atoms with E-state index in [9.17, 15) is 0 Å². The third kappa shape index (κ3) is 5.11. The SMILES string of the molecule is OCCCCCNCc1ccc(Oc2nnnn2-c2ccccc2)cc1. The van der Waals surface area contributed by atoms with Crippen LogP contribution in [0.3, 0.4) is 0 Å². The molecule has 0 aliphatic heterocycles. The molecule has 2 aromatic carbocycles. The van der Waals surface area contributed by atoms with Crippen LogP contribution in [-0.2, 0) is 6.54 Å². The van der Waals surface area contributed by atoms with Crippen LogP contribution in [-0.4, -0.2) is 38.5 Å². The van der Waals surface area contributed by atoms with Crippen molar-refractivity contribution >= 4 is 0 Å². The zero-order valence-electron chi connectivity index (χ0n) is 14.6. The molecule has 3 rings (SSSR count). The summed E-state index contributed by atoms with van der Waals surface area (Å²) in [7, 11) is 0. The predicted molar refractivity (Wildman–Crippen MR) is 98.3 cm³/mol. The van der Waals surface area contributed by atoms with E-state index in [1.165, 1.54) is 5.56 Å². The van der Waals surface area contributed by atoms with Crippen LogP contribution in [0.1, 0.15) is 24.8 Å². The van der Waals surface area contributed by atoms with Gasteiger partial charge < -0.3 is 15.2 Å². The summed E-state index contributed by atoms with van der Waals surface area (Å²) < 4.78 is 7.37. The van der Waals surface area contributed by atoms with Crippen LogP contribution < -0.4 is 10.1 Å². The zero-order chi connectivity index (χ0) is 18.0. The van der Waals surface area contributed by atoms with Crippen molar-refractivity contribution in [1.29, 1.82) is 0 Å². The van der Waals surface area contributed by atoms with Gasteiger partial charge in [-0.3, -0.25) is 0 Å². The first-order valence-corrected chi connectivity index (χ1v) is 8.79. The number of rotatable bonds is 10. The van der Waals surface area contributed by atoms with Gasteiger partial charge in [0.1, 0.15) is 5.75 Å². The van der Waals surface area contributed by atoms with E-state index >= 15 is 0 Å².